The molecule has 0 saturated carbocycles. The summed E-state index contributed by atoms with van der Waals surface area (Å²) >= 11 is 0. The second-order valence-electron chi connectivity index (χ2n) is 5.04. The Morgan fingerprint density at radius 1 is 1.52 bits per heavy atom. The lowest BCUT2D eigenvalue weighted by atomic mass is 10.2. The van der Waals surface area contributed by atoms with E-state index >= 15 is 0 Å². The van der Waals surface area contributed by atoms with Gasteiger partial charge in [-0.3, -0.25) is 14.9 Å². The molecule has 0 atom stereocenters. The maximum Gasteiger partial charge on any atom is 0.314 e. The van der Waals surface area contributed by atoms with E-state index in [9.17, 15) is 14.9 Å². The Morgan fingerprint density at radius 2 is 2.19 bits per heavy atom. The minimum absolute atomic E-state index is 0.0448. The monoisotopic (exact) mass is 293 g/mol. The summed E-state index contributed by atoms with van der Waals surface area (Å²) in [6, 6.07) is 1.59. The molecule has 0 bridgehead atoms. The highest BCUT2D eigenvalue weighted by molar-refractivity contribution is 5.82. The van der Waals surface area contributed by atoms with Crippen LogP contribution in [-0.4, -0.2) is 60.5 Å². The van der Waals surface area contributed by atoms with Crippen LogP contribution in [0.5, 0.6) is 0 Å². The van der Waals surface area contributed by atoms with E-state index in [4.69, 9.17) is 0 Å². The highest BCUT2D eigenvalue weighted by Gasteiger charge is 2.24. The number of rotatable bonds is 4. The zero-order chi connectivity index (χ0) is 15.4. The van der Waals surface area contributed by atoms with Crippen LogP contribution < -0.4 is 10.2 Å². The lowest BCUT2D eigenvalue weighted by Gasteiger charge is -2.29. The molecule has 1 aromatic heterocycles. The van der Waals surface area contributed by atoms with E-state index in [1.54, 1.807) is 24.9 Å². The molecule has 1 N–H and O–H groups in total. The molecule has 2 rings (SSSR count). The molecule has 2 heterocycles. The topological polar surface area (TPSA) is 91.6 Å². The molecule has 1 saturated heterocycles. The Balaban J connectivity index is 2.13. The summed E-state index contributed by atoms with van der Waals surface area (Å²) in [7, 11) is 1.65. The van der Waals surface area contributed by atoms with Crippen molar-refractivity contribution in [2.75, 3.05) is 44.7 Å². The van der Waals surface area contributed by atoms with Crippen molar-refractivity contribution in [1.29, 1.82) is 0 Å². The second-order valence-corrected chi connectivity index (χ2v) is 5.04. The fourth-order valence-electron chi connectivity index (χ4n) is 2.33. The van der Waals surface area contributed by atoms with Gasteiger partial charge in [-0.25, -0.2) is 4.98 Å². The first-order chi connectivity index (χ1) is 10.0. The van der Waals surface area contributed by atoms with E-state index in [0.29, 0.717) is 18.7 Å². The van der Waals surface area contributed by atoms with Gasteiger partial charge in [0.15, 0.2) is 0 Å². The van der Waals surface area contributed by atoms with Gasteiger partial charge in [-0.2, -0.15) is 0 Å². The van der Waals surface area contributed by atoms with E-state index in [2.05, 4.69) is 10.3 Å². The Hall–Kier alpha value is -2.22. The van der Waals surface area contributed by atoms with Gasteiger partial charge in [0.25, 0.3) is 0 Å². The molecular weight excluding hydrogens is 274 g/mol. The van der Waals surface area contributed by atoms with Crippen molar-refractivity contribution in [3.8, 4) is 0 Å². The van der Waals surface area contributed by atoms with Crippen molar-refractivity contribution < 1.29 is 9.72 Å². The van der Waals surface area contributed by atoms with Crippen molar-refractivity contribution in [2.24, 2.45) is 0 Å². The predicted molar refractivity (Wildman–Crippen MR) is 78.3 cm³/mol. The largest absolute Gasteiger partial charge is 0.345 e. The molecule has 0 radical (unpaired) electrons. The van der Waals surface area contributed by atoms with Crippen LogP contribution in [0.3, 0.4) is 0 Å². The van der Waals surface area contributed by atoms with Gasteiger partial charge >= 0.3 is 5.69 Å². The Kier molecular flexibility index (Phi) is 4.69. The third-order valence-corrected chi connectivity index (χ3v) is 3.49. The highest BCUT2D eigenvalue weighted by atomic mass is 16.6. The van der Waals surface area contributed by atoms with E-state index in [1.165, 1.54) is 11.1 Å². The standard InChI is InChI=1S/C13H19N5O3/c1-10-3-4-15-13(12(10)18(20)21)16(2)9-11(19)17-7-5-14-6-8-17/h3-4,14H,5-9H2,1-2H3. The van der Waals surface area contributed by atoms with E-state index < -0.39 is 4.92 Å². The maximum absolute atomic E-state index is 12.2. The number of nitrogens with one attached hydrogen (secondary N) is 1. The van der Waals surface area contributed by atoms with Crippen molar-refractivity contribution in [2.45, 2.75) is 6.92 Å². The molecule has 114 valence electrons. The van der Waals surface area contributed by atoms with Gasteiger partial charge in [-0.1, -0.05) is 0 Å². The molecule has 8 nitrogen and oxygen atoms in total. The number of nitro groups is 1. The van der Waals surface area contributed by atoms with Crippen LogP contribution in [0.15, 0.2) is 12.3 Å². The number of aryl methyl sites for hydroxylation is 1. The average molecular weight is 293 g/mol. The van der Waals surface area contributed by atoms with Gasteiger partial charge in [0.05, 0.1) is 11.5 Å². The molecule has 0 aromatic carbocycles. The zero-order valence-electron chi connectivity index (χ0n) is 12.2. The van der Waals surface area contributed by atoms with Crippen LogP contribution in [0.2, 0.25) is 0 Å². The second kappa shape index (κ2) is 6.49. The summed E-state index contributed by atoms with van der Waals surface area (Å²) in [5.41, 5.74) is 0.486. The molecule has 1 fully saturated rings. The maximum atomic E-state index is 12.2. The minimum Gasteiger partial charge on any atom is -0.345 e. The summed E-state index contributed by atoms with van der Waals surface area (Å²) in [5, 5.41) is 14.3. The van der Waals surface area contributed by atoms with Crippen molar-refractivity contribution in [3.63, 3.8) is 0 Å². The van der Waals surface area contributed by atoms with Crippen LogP contribution in [0, 0.1) is 17.0 Å². The summed E-state index contributed by atoms with van der Waals surface area (Å²) in [6.45, 7) is 4.62. The first kappa shape index (κ1) is 15.2. The Bertz CT molecular complexity index is 543. The highest BCUT2D eigenvalue weighted by Crippen LogP contribution is 2.27. The van der Waals surface area contributed by atoms with Crippen molar-refractivity contribution >= 4 is 17.4 Å². The smallest absolute Gasteiger partial charge is 0.314 e. The third-order valence-electron chi connectivity index (χ3n) is 3.49. The number of carbonyl (C=O) groups excluding carboxylic acids is 1. The number of nitrogens with zero attached hydrogens (tertiary/aromatic N) is 4. The molecule has 0 aliphatic carbocycles. The number of piperazine rings is 1. The molecule has 0 spiro atoms. The van der Waals surface area contributed by atoms with E-state index in [-0.39, 0.29) is 24.0 Å². The minimum atomic E-state index is -0.455. The molecule has 1 aliphatic rings. The number of likely N-dealkylation sites (N-methyl/N-ethyl adjacent to an activating group) is 1. The number of amides is 1. The summed E-state index contributed by atoms with van der Waals surface area (Å²) in [6.07, 6.45) is 1.52. The SMILES string of the molecule is Cc1ccnc(N(C)CC(=O)N2CCNCC2)c1[N+](=O)[O-]. The predicted octanol–water partition coefficient (Wildman–Crippen LogP) is 0.166. The van der Waals surface area contributed by atoms with E-state index in [0.717, 1.165) is 13.1 Å². The number of hydrogen-bond acceptors (Lipinski definition) is 6. The number of pyridine rings is 1. The summed E-state index contributed by atoms with van der Waals surface area (Å²) in [5.74, 6) is 0.181. The molecule has 1 amide bonds. The fourth-order valence-corrected chi connectivity index (χ4v) is 2.33. The third kappa shape index (κ3) is 3.46. The summed E-state index contributed by atoms with van der Waals surface area (Å²) < 4.78 is 0. The average Bonchev–Trinajstić information content (AvgIpc) is 2.47. The van der Waals surface area contributed by atoms with Crippen LogP contribution >= 0.6 is 0 Å². The number of hydrogen-bond donors (Lipinski definition) is 1. The van der Waals surface area contributed by atoms with E-state index in [1.807, 2.05) is 0 Å². The normalized spacial score (nSPS) is 14.9. The quantitative estimate of drug-likeness (QED) is 0.628. The fraction of sp³-hybridized carbons (Fsp3) is 0.538. The first-order valence-corrected chi connectivity index (χ1v) is 6.80. The molecular formula is C13H19N5O3. The van der Waals surface area contributed by atoms with Crippen molar-refractivity contribution in [3.05, 3.63) is 27.9 Å². The zero-order valence-corrected chi connectivity index (χ0v) is 12.2. The van der Waals surface area contributed by atoms with Crippen molar-refractivity contribution in [1.82, 2.24) is 15.2 Å². The number of carbonyl (C=O) groups is 1. The van der Waals surface area contributed by atoms with Gasteiger partial charge in [-0.05, 0) is 13.0 Å². The molecule has 21 heavy (non-hydrogen) atoms. The number of anilines is 1. The first-order valence-electron chi connectivity index (χ1n) is 6.80. The molecule has 0 unspecified atom stereocenters. The Morgan fingerprint density at radius 3 is 2.81 bits per heavy atom. The van der Waals surface area contributed by atoms with Gasteiger partial charge in [0, 0.05) is 45.0 Å². The van der Waals surface area contributed by atoms with Gasteiger partial charge < -0.3 is 15.1 Å². The molecule has 8 heteroatoms. The molecule has 1 aromatic rings. The van der Waals surface area contributed by atoms with Crippen LogP contribution in [0.1, 0.15) is 5.56 Å². The Labute approximate surface area is 122 Å². The lowest BCUT2D eigenvalue weighted by Crippen LogP contribution is -2.49. The van der Waals surface area contributed by atoms with Gasteiger partial charge in [-0.15, -0.1) is 0 Å². The summed E-state index contributed by atoms with van der Waals surface area (Å²) in [4.78, 5) is 30.3. The molecule has 1 aliphatic heterocycles. The van der Waals surface area contributed by atoms with Gasteiger partial charge in [0.2, 0.25) is 11.7 Å². The number of aromatic nitrogens is 1. The van der Waals surface area contributed by atoms with Gasteiger partial charge in [0.1, 0.15) is 0 Å². The van der Waals surface area contributed by atoms with Crippen LogP contribution in [0.25, 0.3) is 0 Å². The lowest BCUT2D eigenvalue weighted by molar-refractivity contribution is -0.384. The van der Waals surface area contributed by atoms with Crippen LogP contribution in [-0.2, 0) is 4.79 Å². The van der Waals surface area contributed by atoms with Crippen LogP contribution in [0.4, 0.5) is 11.5 Å².